The molecule has 0 spiro atoms. The number of fused-ring (bicyclic) bond motifs is 2. The Bertz CT molecular complexity index is 974. The molecule has 2 aliphatic rings. The third-order valence-electron chi connectivity index (χ3n) is 4.48. The summed E-state index contributed by atoms with van der Waals surface area (Å²) in [6.07, 6.45) is -3.00. The van der Waals surface area contributed by atoms with Crippen LogP contribution in [0.1, 0.15) is 21.9 Å². The second-order valence-electron chi connectivity index (χ2n) is 7.18. The lowest BCUT2D eigenvalue weighted by atomic mass is 10.1. The van der Waals surface area contributed by atoms with E-state index in [-0.39, 0.29) is 12.7 Å². The molecule has 1 amide bonds. The summed E-state index contributed by atoms with van der Waals surface area (Å²) in [6, 6.07) is 5.33. The van der Waals surface area contributed by atoms with Crippen LogP contribution in [0.15, 0.2) is 24.4 Å². The van der Waals surface area contributed by atoms with Gasteiger partial charge in [0.1, 0.15) is 5.82 Å². The van der Waals surface area contributed by atoms with Crippen molar-refractivity contribution in [2.24, 2.45) is 0 Å². The van der Waals surface area contributed by atoms with Crippen molar-refractivity contribution in [1.82, 2.24) is 19.4 Å². The smallest absolute Gasteiger partial charge is 0.475 e. The standard InChI is InChI=1S/C17H20N4O3.C2HF3O2/c1-19(2)8-13-9-20-5-6-21(10-16(20)18-13)17(22)12-3-4-14-15(7-12)24-11-23-14;3-2(4,5)1(6)7/h3-4,7,9H,5-6,8,10-11H2,1-2H3;(H,6,7). The van der Waals surface area contributed by atoms with E-state index in [1.54, 1.807) is 18.2 Å². The number of aliphatic carboxylic acids is 1. The molecule has 1 aromatic heterocycles. The fourth-order valence-electron chi connectivity index (χ4n) is 3.10. The summed E-state index contributed by atoms with van der Waals surface area (Å²) in [6.45, 7) is 2.99. The van der Waals surface area contributed by atoms with Gasteiger partial charge in [-0.25, -0.2) is 9.78 Å². The van der Waals surface area contributed by atoms with E-state index in [4.69, 9.17) is 19.4 Å². The van der Waals surface area contributed by atoms with Gasteiger partial charge in [-0.05, 0) is 32.3 Å². The number of carboxylic acid groups (broad SMARTS) is 1. The van der Waals surface area contributed by atoms with Gasteiger partial charge in [0.05, 0.1) is 12.2 Å². The van der Waals surface area contributed by atoms with Crippen LogP contribution in [-0.4, -0.2) is 69.9 Å². The molecule has 0 saturated heterocycles. The molecule has 31 heavy (non-hydrogen) atoms. The average molecular weight is 442 g/mol. The molecule has 168 valence electrons. The molecular weight excluding hydrogens is 421 g/mol. The first-order chi connectivity index (χ1) is 14.5. The van der Waals surface area contributed by atoms with E-state index in [2.05, 4.69) is 20.6 Å². The van der Waals surface area contributed by atoms with Crippen LogP contribution in [0.4, 0.5) is 13.2 Å². The topological polar surface area (TPSA) is 97.1 Å². The molecule has 0 aliphatic carbocycles. The summed E-state index contributed by atoms with van der Waals surface area (Å²) in [5.74, 6) is -0.502. The van der Waals surface area contributed by atoms with E-state index in [1.165, 1.54) is 0 Å². The number of carbonyl (C=O) groups is 2. The second-order valence-corrected chi connectivity index (χ2v) is 7.18. The lowest BCUT2D eigenvalue weighted by Gasteiger charge is -2.27. The molecule has 1 aromatic carbocycles. The summed E-state index contributed by atoms with van der Waals surface area (Å²) in [4.78, 5) is 30.3. The van der Waals surface area contributed by atoms with Crippen LogP contribution in [0.5, 0.6) is 11.5 Å². The first kappa shape index (κ1) is 22.4. The number of carboxylic acids is 1. The lowest BCUT2D eigenvalue weighted by molar-refractivity contribution is -0.192. The highest BCUT2D eigenvalue weighted by Crippen LogP contribution is 2.33. The van der Waals surface area contributed by atoms with Crippen LogP contribution >= 0.6 is 0 Å². The zero-order valence-electron chi connectivity index (χ0n) is 16.8. The van der Waals surface area contributed by atoms with Crippen molar-refractivity contribution in [3.63, 3.8) is 0 Å². The molecule has 0 unspecified atom stereocenters. The number of imidazole rings is 1. The number of carbonyl (C=O) groups excluding carboxylic acids is 1. The number of amides is 1. The Labute approximate surface area is 175 Å². The zero-order chi connectivity index (χ0) is 22.8. The van der Waals surface area contributed by atoms with Crippen LogP contribution in [0.3, 0.4) is 0 Å². The summed E-state index contributed by atoms with van der Waals surface area (Å²) in [5, 5.41) is 7.12. The molecule has 2 aromatic rings. The van der Waals surface area contributed by atoms with Gasteiger partial charge in [0.2, 0.25) is 6.79 Å². The molecule has 0 radical (unpaired) electrons. The monoisotopic (exact) mass is 442 g/mol. The van der Waals surface area contributed by atoms with Gasteiger partial charge >= 0.3 is 12.1 Å². The Hall–Kier alpha value is -3.28. The van der Waals surface area contributed by atoms with Gasteiger partial charge in [0.15, 0.2) is 11.5 Å². The van der Waals surface area contributed by atoms with E-state index in [1.807, 2.05) is 19.0 Å². The van der Waals surface area contributed by atoms with Crippen LogP contribution in [0.2, 0.25) is 0 Å². The van der Waals surface area contributed by atoms with E-state index in [9.17, 15) is 18.0 Å². The van der Waals surface area contributed by atoms with E-state index < -0.39 is 12.1 Å². The predicted octanol–water partition coefficient (Wildman–Crippen LogP) is 1.96. The Morgan fingerprint density at radius 1 is 1.19 bits per heavy atom. The number of aromatic nitrogens is 2. The predicted molar refractivity (Wildman–Crippen MR) is 101 cm³/mol. The highest BCUT2D eigenvalue weighted by Gasteiger charge is 2.38. The van der Waals surface area contributed by atoms with Crippen molar-refractivity contribution in [1.29, 1.82) is 0 Å². The fraction of sp³-hybridized carbons (Fsp3) is 0.421. The van der Waals surface area contributed by atoms with Gasteiger partial charge < -0.3 is 28.9 Å². The first-order valence-electron chi connectivity index (χ1n) is 9.23. The molecule has 0 bridgehead atoms. The van der Waals surface area contributed by atoms with Gasteiger partial charge in [0.25, 0.3) is 5.91 Å². The van der Waals surface area contributed by atoms with Crippen molar-refractivity contribution in [2.45, 2.75) is 25.8 Å². The number of hydrogen-bond donors (Lipinski definition) is 1. The summed E-state index contributed by atoms with van der Waals surface area (Å²) >= 11 is 0. The molecular formula is C19H21F3N4O5. The lowest BCUT2D eigenvalue weighted by Crippen LogP contribution is -2.38. The van der Waals surface area contributed by atoms with Gasteiger partial charge in [-0.15, -0.1) is 0 Å². The Morgan fingerprint density at radius 2 is 1.87 bits per heavy atom. The van der Waals surface area contributed by atoms with Crippen molar-refractivity contribution in [3.05, 3.63) is 41.5 Å². The second kappa shape index (κ2) is 8.84. The molecule has 12 heteroatoms. The first-order valence-corrected chi connectivity index (χ1v) is 9.23. The number of ether oxygens (including phenoxy) is 2. The van der Waals surface area contributed by atoms with Crippen LogP contribution in [-0.2, 0) is 24.4 Å². The van der Waals surface area contributed by atoms with Crippen LogP contribution in [0, 0.1) is 0 Å². The van der Waals surface area contributed by atoms with Crippen molar-refractivity contribution >= 4 is 11.9 Å². The third-order valence-corrected chi connectivity index (χ3v) is 4.48. The summed E-state index contributed by atoms with van der Waals surface area (Å²) in [7, 11) is 4.04. The van der Waals surface area contributed by atoms with Crippen molar-refractivity contribution in [2.75, 3.05) is 27.4 Å². The Balaban J connectivity index is 0.000000339. The maximum atomic E-state index is 12.8. The number of nitrogens with zero attached hydrogens (tertiary/aromatic N) is 4. The maximum absolute atomic E-state index is 12.8. The quantitative estimate of drug-likeness (QED) is 0.776. The summed E-state index contributed by atoms with van der Waals surface area (Å²) < 4.78 is 44.5. The molecule has 9 nitrogen and oxygen atoms in total. The molecule has 1 N–H and O–H groups in total. The maximum Gasteiger partial charge on any atom is 0.490 e. The van der Waals surface area contributed by atoms with E-state index in [0.29, 0.717) is 30.2 Å². The molecule has 3 heterocycles. The number of alkyl halides is 3. The highest BCUT2D eigenvalue weighted by molar-refractivity contribution is 5.95. The Morgan fingerprint density at radius 3 is 2.52 bits per heavy atom. The van der Waals surface area contributed by atoms with Crippen molar-refractivity contribution < 1.29 is 37.3 Å². The average Bonchev–Trinajstić information content (AvgIpc) is 3.31. The highest BCUT2D eigenvalue weighted by atomic mass is 19.4. The van der Waals surface area contributed by atoms with Gasteiger partial charge in [-0.3, -0.25) is 4.79 Å². The van der Waals surface area contributed by atoms with Crippen molar-refractivity contribution in [3.8, 4) is 11.5 Å². The minimum absolute atomic E-state index is 0.00305. The summed E-state index contributed by atoms with van der Waals surface area (Å²) in [5.41, 5.74) is 1.65. The Kier molecular flexibility index (Phi) is 6.39. The molecule has 0 atom stereocenters. The molecule has 2 aliphatic heterocycles. The number of hydrogen-bond acceptors (Lipinski definition) is 6. The van der Waals surface area contributed by atoms with Crippen LogP contribution < -0.4 is 9.47 Å². The number of benzene rings is 1. The number of halogens is 3. The molecule has 4 rings (SSSR count). The molecule has 0 saturated carbocycles. The number of rotatable bonds is 3. The fourth-order valence-corrected chi connectivity index (χ4v) is 3.10. The van der Waals surface area contributed by atoms with Crippen LogP contribution in [0.25, 0.3) is 0 Å². The van der Waals surface area contributed by atoms with Gasteiger partial charge in [-0.1, -0.05) is 0 Å². The minimum Gasteiger partial charge on any atom is -0.475 e. The van der Waals surface area contributed by atoms with Gasteiger partial charge in [0, 0.05) is 31.4 Å². The van der Waals surface area contributed by atoms with Gasteiger partial charge in [-0.2, -0.15) is 13.2 Å². The normalized spacial score (nSPS) is 14.7. The van der Waals surface area contributed by atoms with E-state index in [0.717, 1.165) is 24.6 Å². The zero-order valence-corrected chi connectivity index (χ0v) is 16.8. The largest absolute Gasteiger partial charge is 0.490 e. The van der Waals surface area contributed by atoms with E-state index >= 15 is 0 Å². The third kappa shape index (κ3) is 5.45. The molecule has 0 fully saturated rings. The minimum atomic E-state index is -5.08. The SMILES string of the molecule is CN(C)Cc1cn2c(n1)CN(C(=O)c1ccc3c(c1)OCO3)CC2.O=C(O)C(F)(F)F.